The van der Waals surface area contributed by atoms with Gasteiger partial charge in [0.1, 0.15) is 0 Å². The summed E-state index contributed by atoms with van der Waals surface area (Å²) < 4.78 is 0. The number of aromatic nitrogens is 1. The second kappa shape index (κ2) is 13.4. The Hall–Kier alpha value is -4.23. The summed E-state index contributed by atoms with van der Waals surface area (Å²) >= 11 is 0. The van der Waals surface area contributed by atoms with Crippen molar-refractivity contribution in [1.82, 2.24) is 4.98 Å². The highest BCUT2D eigenvalue weighted by atomic mass is 14.7. The van der Waals surface area contributed by atoms with Crippen LogP contribution in [0.4, 0.5) is 0 Å². The van der Waals surface area contributed by atoms with E-state index in [2.05, 4.69) is 145 Å². The molecule has 0 unspecified atom stereocenters. The number of benzene rings is 5. The molecule has 220 valence electrons. The molecule has 5 aromatic carbocycles. The molecule has 43 heavy (non-hydrogen) atoms. The largest absolute Gasteiger partial charge is 0.260 e. The SMILES string of the molecule is C.Cc1ccc(Cc2cccc3cc(C)c(C)cc23)cc1C.Cc1ccc(Cc2nccc3cc(C)c(C)cc23)cc1C. The van der Waals surface area contributed by atoms with E-state index in [1.165, 1.54) is 88.4 Å². The van der Waals surface area contributed by atoms with Crippen LogP contribution in [0.5, 0.6) is 0 Å². The molecule has 0 radical (unpaired) electrons. The van der Waals surface area contributed by atoms with Crippen LogP contribution in [0.2, 0.25) is 0 Å². The Kier molecular flexibility index (Phi) is 9.87. The smallest absolute Gasteiger partial charge is 0.0525 e. The van der Waals surface area contributed by atoms with Crippen molar-refractivity contribution in [2.24, 2.45) is 0 Å². The Labute approximate surface area is 259 Å². The topological polar surface area (TPSA) is 12.9 Å². The molecule has 0 spiro atoms. The van der Waals surface area contributed by atoms with Gasteiger partial charge in [-0.05, 0) is 151 Å². The summed E-state index contributed by atoms with van der Waals surface area (Å²) in [7, 11) is 0. The van der Waals surface area contributed by atoms with Gasteiger partial charge in [-0.2, -0.15) is 0 Å². The fourth-order valence-electron chi connectivity index (χ4n) is 5.65. The highest BCUT2D eigenvalue weighted by Gasteiger charge is 2.08. The van der Waals surface area contributed by atoms with E-state index in [1.54, 1.807) is 0 Å². The average molecular weight is 566 g/mol. The predicted molar refractivity (Wildman–Crippen MR) is 189 cm³/mol. The third-order valence-electron chi connectivity index (χ3n) is 8.96. The lowest BCUT2D eigenvalue weighted by Gasteiger charge is -2.11. The quantitative estimate of drug-likeness (QED) is 0.207. The van der Waals surface area contributed by atoms with Crippen molar-refractivity contribution in [1.29, 1.82) is 0 Å². The van der Waals surface area contributed by atoms with Crippen LogP contribution >= 0.6 is 0 Å². The first kappa shape index (κ1) is 31.7. The molecule has 1 heterocycles. The maximum Gasteiger partial charge on any atom is 0.0525 e. The first-order valence-electron chi connectivity index (χ1n) is 15.0. The monoisotopic (exact) mass is 565 g/mol. The molecule has 0 aliphatic carbocycles. The van der Waals surface area contributed by atoms with Crippen LogP contribution in [0.25, 0.3) is 21.5 Å². The number of pyridine rings is 1. The van der Waals surface area contributed by atoms with Gasteiger partial charge in [-0.3, -0.25) is 4.98 Å². The second-order valence-electron chi connectivity index (χ2n) is 12.2. The van der Waals surface area contributed by atoms with E-state index < -0.39 is 0 Å². The predicted octanol–water partition coefficient (Wildman–Crippen LogP) is 11.4. The van der Waals surface area contributed by atoms with Gasteiger partial charge in [0.2, 0.25) is 0 Å². The Bertz CT molecular complexity index is 1770. The molecule has 1 nitrogen and oxygen atoms in total. The van der Waals surface area contributed by atoms with Crippen molar-refractivity contribution >= 4 is 21.5 Å². The Morgan fingerprint density at radius 1 is 0.442 bits per heavy atom. The molecular weight excluding hydrogens is 518 g/mol. The lowest BCUT2D eigenvalue weighted by molar-refractivity contribution is 1.09. The van der Waals surface area contributed by atoms with Gasteiger partial charge in [-0.1, -0.05) is 80.2 Å². The van der Waals surface area contributed by atoms with E-state index in [0.717, 1.165) is 12.8 Å². The van der Waals surface area contributed by atoms with Gasteiger partial charge in [0.05, 0.1) is 5.69 Å². The molecule has 0 aliphatic rings. The van der Waals surface area contributed by atoms with Crippen LogP contribution in [0.1, 0.15) is 74.3 Å². The van der Waals surface area contributed by atoms with Crippen LogP contribution in [0.3, 0.4) is 0 Å². The minimum absolute atomic E-state index is 0. The molecule has 0 bridgehead atoms. The van der Waals surface area contributed by atoms with E-state index in [9.17, 15) is 0 Å². The highest BCUT2D eigenvalue weighted by molar-refractivity contribution is 5.88. The molecule has 0 atom stereocenters. The Morgan fingerprint density at radius 3 is 1.51 bits per heavy atom. The number of hydrogen-bond donors (Lipinski definition) is 0. The van der Waals surface area contributed by atoms with E-state index in [4.69, 9.17) is 0 Å². The molecule has 6 rings (SSSR count). The zero-order valence-corrected chi connectivity index (χ0v) is 26.5. The van der Waals surface area contributed by atoms with Crippen LogP contribution in [0.15, 0.2) is 91.1 Å². The van der Waals surface area contributed by atoms with Crippen LogP contribution in [0, 0.1) is 55.4 Å². The summed E-state index contributed by atoms with van der Waals surface area (Å²) in [5, 5.41) is 5.30. The van der Waals surface area contributed by atoms with E-state index in [-0.39, 0.29) is 7.43 Å². The number of fused-ring (bicyclic) bond motifs is 2. The minimum atomic E-state index is 0. The first-order valence-corrected chi connectivity index (χ1v) is 15.0. The van der Waals surface area contributed by atoms with Gasteiger partial charge in [0.15, 0.2) is 0 Å². The van der Waals surface area contributed by atoms with E-state index in [1.807, 2.05) is 6.20 Å². The van der Waals surface area contributed by atoms with Gasteiger partial charge in [-0.25, -0.2) is 0 Å². The molecule has 6 aromatic rings. The Balaban J connectivity index is 0.000000192. The van der Waals surface area contributed by atoms with Gasteiger partial charge >= 0.3 is 0 Å². The maximum absolute atomic E-state index is 4.63. The number of hydrogen-bond acceptors (Lipinski definition) is 1. The fourth-order valence-corrected chi connectivity index (χ4v) is 5.65. The summed E-state index contributed by atoms with van der Waals surface area (Å²) in [6.45, 7) is 17.4. The molecule has 0 aliphatic heterocycles. The van der Waals surface area contributed by atoms with Crippen LogP contribution < -0.4 is 0 Å². The standard InChI is InChI=1S/C21H22.C20H21N.CH4/c1-14-8-9-18(10-15(14)2)13-20-7-5-6-19-11-16(3)17(4)12-21(19)20;1-13-5-6-17(9-14(13)2)12-20-19-11-16(4)15(3)10-18(19)7-8-21-20;/h5-12H,13H2,1-4H3;5-11H,12H2,1-4H3;1H4. The van der Waals surface area contributed by atoms with E-state index >= 15 is 0 Å². The highest BCUT2D eigenvalue weighted by Crippen LogP contribution is 2.26. The zero-order chi connectivity index (χ0) is 30.0. The van der Waals surface area contributed by atoms with Crippen molar-refractivity contribution in [3.63, 3.8) is 0 Å². The fraction of sp³-hybridized carbons (Fsp3) is 0.262. The minimum Gasteiger partial charge on any atom is -0.260 e. The molecule has 0 N–H and O–H groups in total. The second-order valence-corrected chi connectivity index (χ2v) is 12.2. The maximum atomic E-state index is 4.63. The van der Waals surface area contributed by atoms with Gasteiger partial charge < -0.3 is 0 Å². The number of rotatable bonds is 4. The first-order chi connectivity index (χ1) is 20.1. The summed E-state index contributed by atoms with van der Waals surface area (Å²) in [5.74, 6) is 0. The molecular formula is C42H47N. The van der Waals surface area contributed by atoms with Crippen molar-refractivity contribution in [3.05, 3.63) is 158 Å². The van der Waals surface area contributed by atoms with E-state index in [0.29, 0.717) is 0 Å². The average Bonchev–Trinajstić information content (AvgIpc) is 2.95. The molecule has 0 saturated carbocycles. The van der Waals surface area contributed by atoms with Crippen molar-refractivity contribution in [3.8, 4) is 0 Å². The number of nitrogens with zero attached hydrogens (tertiary/aromatic N) is 1. The third-order valence-corrected chi connectivity index (χ3v) is 8.96. The molecule has 0 amide bonds. The van der Waals surface area contributed by atoms with Gasteiger partial charge in [0, 0.05) is 18.0 Å². The molecule has 0 fully saturated rings. The van der Waals surface area contributed by atoms with Gasteiger partial charge in [0.25, 0.3) is 0 Å². The van der Waals surface area contributed by atoms with Crippen LogP contribution in [-0.2, 0) is 12.8 Å². The van der Waals surface area contributed by atoms with Crippen molar-refractivity contribution < 1.29 is 0 Å². The molecule has 0 saturated heterocycles. The summed E-state index contributed by atoms with van der Waals surface area (Å²) in [6.07, 6.45) is 3.81. The molecule has 1 aromatic heterocycles. The molecule has 1 heteroatoms. The summed E-state index contributed by atoms with van der Waals surface area (Å²) in [6, 6.07) is 31.4. The summed E-state index contributed by atoms with van der Waals surface area (Å²) in [4.78, 5) is 4.63. The number of aryl methyl sites for hydroxylation is 8. The zero-order valence-electron chi connectivity index (χ0n) is 26.5. The van der Waals surface area contributed by atoms with Gasteiger partial charge in [-0.15, -0.1) is 0 Å². The third kappa shape index (κ3) is 7.23. The van der Waals surface area contributed by atoms with Crippen molar-refractivity contribution in [2.45, 2.75) is 75.7 Å². The normalized spacial score (nSPS) is 10.8. The lowest BCUT2D eigenvalue weighted by atomic mass is 9.94. The Morgan fingerprint density at radius 2 is 0.930 bits per heavy atom. The van der Waals surface area contributed by atoms with Crippen molar-refractivity contribution in [2.75, 3.05) is 0 Å². The summed E-state index contributed by atoms with van der Waals surface area (Å²) in [5.41, 5.74) is 16.1. The van der Waals surface area contributed by atoms with Crippen LogP contribution in [-0.4, -0.2) is 4.98 Å². The lowest BCUT2D eigenvalue weighted by Crippen LogP contribution is -1.96.